The van der Waals surface area contributed by atoms with Gasteiger partial charge in [0.05, 0.1) is 5.54 Å². The molecule has 104 valence electrons. The number of hydrogen-bond acceptors (Lipinski definition) is 2. The van der Waals surface area contributed by atoms with Crippen LogP contribution in [-0.4, -0.2) is 11.4 Å². The van der Waals surface area contributed by atoms with Crippen molar-refractivity contribution in [2.24, 2.45) is 5.73 Å². The number of amides is 1. The summed E-state index contributed by atoms with van der Waals surface area (Å²) < 4.78 is 13.6. The number of rotatable bonds is 3. The fourth-order valence-corrected chi connectivity index (χ4v) is 2.92. The normalized spacial score (nSPS) is 18.1. The zero-order valence-electron chi connectivity index (χ0n) is 10.7. The summed E-state index contributed by atoms with van der Waals surface area (Å²) in [5, 5.41) is 2.85. The van der Waals surface area contributed by atoms with Crippen LogP contribution in [0.25, 0.3) is 0 Å². The number of benzene rings is 1. The van der Waals surface area contributed by atoms with E-state index in [-0.39, 0.29) is 11.7 Å². The smallest absolute Gasteiger partial charge is 0.240 e. The Kier molecular flexibility index (Phi) is 4.58. The van der Waals surface area contributed by atoms with Gasteiger partial charge in [0.25, 0.3) is 0 Å². The topological polar surface area (TPSA) is 55.1 Å². The number of carbonyl (C=O) groups is 1. The maximum atomic E-state index is 13.0. The standard InChI is InChI=1S/C14H18BrFN2O/c15-12-8-11(16)5-4-10(12)9-18-13(19)14(17)6-2-1-3-7-14/h4-5,8H,1-3,6-7,9,17H2,(H,18,19). The Morgan fingerprint density at radius 1 is 1.37 bits per heavy atom. The van der Waals surface area contributed by atoms with Crippen molar-refractivity contribution in [1.29, 1.82) is 0 Å². The van der Waals surface area contributed by atoms with Crippen LogP contribution < -0.4 is 11.1 Å². The van der Waals surface area contributed by atoms with Crippen LogP contribution in [0.2, 0.25) is 0 Å². The number of hydrogen-bond donors (Lipinski definition) is 2. The Labute approximate surface area is 120 Å². The van der Waals surface area contributed by atoms with Gasteiger partial charge in [-0.25, -0.2) is 4.39 Å². The van der Waals surface area contributed by atoms with Crippen molar-refractivity contribution >= 4 is 21.8 Å². The highest BCUT2D eigenvalue weighted by atomic mass is 79.9. The SMILES string of the molecule is NC1(C(=O)NCc2ccc(F)cc2Br)CCCCC1. The molecule has 0 heterocycles. The van der Waals surface area contributed by atoms with E-state index >= 15 is 0 Å². The highest BCUT2D eigenvalue weighted by Crippen LogP contribution is 2.26. The minimum absolute atomic E-state index is 0.108. The van der Waals surface area contributed by atoms with Crippen molar-refractivity contribution in [3.05, 3.63) is 34.1 Å². The van der Waals surface area contributed by atoms with Gasteiger partial charge in [-0.3, -0.25) is 4.79 Å². The zero-order valence-corrected chi connectivity index (χ0v) is 12.3. The quantitative estimate of drug-likeness (QED) is 0.896. The lowest BCUT2D eigenvalue weighted by Gasteiger charge is -2.31. The summed E-state index contributed by atoms with van der Waals surface area (Å²) in [5.74, 6) is -0.409. The third-order valence-electron chi connectivity index (χ3n) is 3.65. The number of nitrogens with two attached hydrogens (primary N) is 1. The van der Waals surface area contributed by atoms with Gasteiger partial charge in [0.15, 0.2) is 0 Å². The first-order valence-electron chi connectivity index (χ1n) is 6.52. The molecule has 1 aliphatic carbocycles. The molecule has 0 radical (unpaired) electrons. The van der Waals surface area contributed by atoms with E-state index in [0.29, 0.717) is 11.0 Å². The molecule has 0 aromatic heterocycles. The first-order valence-corrected chi connectivity index (χ1v) is 7.32. The van der Waals surface area contributed by atoms with Crippen molar-refractivity contribution in [2.45, 2.75) is 44.2 Å². The summed E-state index contributed by atoms with van der Waals surface area (Å²) in [6, 6.07) is 4.43. The van der Waals surface area contributed by atoms with Crippen LogP contribution >= 0.6 is 15.9 Å². The maximum Gasteiger partial charge on any atom is 0.240 e. The van der Waals surface area contributed by atoms with E-state index in [4.69, 9.17) is 5.73 Å². The highest BCUT2D eigenvalue weighted by Gasteiger charge is 2.34. The van der Waals surface area contributed by atoms with E-state index < -0.39 is 5.54 Å². The van der Waals surface area contributed by atoms with Crippen LogP contribution in [0.1, 0.15) is 37.7 Å². The molecule has 3 N–H and O–H groups in total. The highest BCUT2D eigenvalue weighted by molar-refractivity contribution is 9.10. The van der Waals surface area contributed by atoms with Gasteiger partial charge in [0, 0.05) is 11.0 Å². The van der Waals surface area contributed by atoms with Crippen molar-refractivity contribution in [1.82, 2.24) is 5.32 Å². The van der Waals surface area contributed by atoms with Crippen molar-refractivity contribution < 1.29 is 9.18 Å². The Bertz CT molecular complexity index is 473. The molecule has 0 unspecified atom stereocenters. The molecular formula is C14H18BrFN2O. The number of carbonyl (C=O) groups excluding carboxylic acids is 1. The minimum Gasteiger partial charge on any atom is -0.350 e. The van der Waals surface area contributed by atoms with Gasteiger partial charge in [0.2, 0.25) is 5.91 Å². The Hall–Kier alpha value is -0.940. The first kappa shape index (κ1) is 14.5. The van der Waals surface area contributed by atoms with Crippen LogP contribution in [0.4, 0.5) is 4.39 Å². The molecule has 19 heavy (non-hydrogen) atoms. The average Bonchev–Trinajstić information content (AvgIpc) is 2.38. The predicted octanol–water partition coefficient (Wildman–Crippen LogP) is 2.87. The summed E-state index contributed by atoms with van der Waals surface area (Å²) in [5.41, 5.74) is 6.26. The van der Waals surface area contributed by atoms with E-state index in [2.05, 4.69) is 21.2 Å². The van der Waals surface area contributed by atoms with Gasteiger partial charge in [0.1, 0.15) is 5.82 Å². The molecule has 1 aromatic carbocycles. The number of halogens is 2. The fourth-order valence-electron chi connectivity index (χ4n) is 2.43. The molecule has 3 nitrogen and oxygen atoms in total. The molecule has 1 aliphatic rings. The predicted molar refractivity (Wildman–Crippen MR) is 76.0 cm³/mol. The van der Waals surface area contributed by atoms with Crippen LogP contribution in [0.5, 0.6) is 0 Å². The molecule has 0 spiro atoms. The van der Waals surface area contributed by atoms with Gasteiger partial charge in [-0.15, -0.1) is 0 Å². The summed E-state index contributed by atoms with van der Waals surface area (Å²) in [6.07, 6.45) is 4.64. The van der Waals surface area contributed by atoms with E-state index in [1.54, 1.807) is 6.07 Å². The molecule has 1 aromatic rings. The first-order chi connectivity index (χ1) is 9.01. The Balaban J connectivity index is 1.96. The molecule has 5 heteroatoms. The molecule has 0 atom stereocenters. The summed E-state index contributed by atoms with van der Waals surface area (Å²) >= 11 is 3.28. The third-order valence-corrected chi connectivity index (χ3v) is 4.39. The maximum absolute atomic E-state index is 13.0. The minimum atomic E-state index is -0.731. The van der Waals surface area contributed by atoms with Crippen molar-refractivity contribution in [3.8, 4) is 0 Å². The molecule has 0 bridgehead atoms. The molecule has 2 rings (SSSR count). The second kappa shape index (κ2) is 6.01. The van der Waals surface area contributed by atoms with Gasteiger partial charge in [-0.2, -0.15) is 0 Å². The molecule has 0 saturated heterocycles. The monoisotopic (exact) mass is 328 g/mol. The summed E-state index contributed by atoms with van der Waals surface area (Å²) in [4.78, 5) is 12.1. The summed E-state index contributed by atoms with van der Waals surface area (Å²) in [6.45, 7) is 0.360. The molecule has 0 aliphatic heterocycles. The van der Waals surface area contributed by atoms with Gasteiger partial charge in [-0.05, 0) is 30.5 Å². The van der Waals surface area contributed by atoms with E-state index in [1.165, 1.54) is 12.1 Å². The van der Waals surface area contributed by atoms with E-state index in [0.717, 1.165) is 37.7 Å². The van der Waals surface area contributed by atoms with Crippen LogP contribution in [0.15, 0.2) is 22.7 Å². The molecular weight excluding hydrogens is 311 g/mol. The lowest BCUT2D eigenvalue weighted by molar-refractivity contribution is -0.127. The van der Waals surface area contributed by atoms with Crippen LogP contribution in [0.3, 0.4) is 0 Å². The van der Waals surface area contributed by atoms with Crippen molar-refractivity contribution in [3.63, 3.8) is 0 Å². The fraction of sp³-hybridized carbons (Fsp3) is 0.500. The lowest BCUT2D eigenvalue weighted by atomic mass is 9.82. The van der Waals surface area contributed by atoms with Gasteiger partial charge in [-0.1, -0.05) is 41.3 Å². The Morgan fingerprint density at radius 2 is 2.05 bits per heavy atom. The second-order valence-corrected chi connectivity index (χ2v) is 5.99. The second-order valence-electron chi connectivity index (χ2n) is 5.14. The number of nitrogens with one attached hydrogen (secondary N) is 1. The van der Waals surface area contributed by atoms with E-state index in [1.807, 2.05) is 0 Å². The molecule has 1 saturated carbocycles. The molecule has 1 amide bonds. The molecule has 1 fully saturated rings. The average molecular weight is 329 g/mol. The lowest BCUT2D eigenvalue weighted by Crippen LogP contribution is -2.54. The van der Waals surface area contributed by atoms with Gasteiger partial charge >= 0.3 is 0 Å². The third kappa shape index (κ3) is 3.54. The Morgan fingerprint density at radius 3 is 2.68 bits per heavy atom. The largest absolute Gasteiger partial charge is 0.350 e. The zero-order chi connectivity index (χ0) is 13.9. The van der Waals surface area contributed by atoms with Crippen LogP contribution in [0, 0.1) is 5.82 Å². The van der Waals surface area contributed by atoms with Crippen LogP contribution in [-0.2, 0) is 11.3 Å². The van der Waals surface area contributed by atoms with Gasteiger partial charge < -0.3 is 11.1 Å². The van der Waals surface area contributed by atoms with E-state index in [9.17, 15) is 9.18 Å². The van der Waals surface area contributed by atoms with Crippen molar-refractivity contribution in [2.75, 3.05) is 0 Å². The summed E-state index contributed by atoms with van der Waals surface area (Å²) in [7, 11) is 0.